The highest BCUT2D eigenvalue weighted by molar-refractivity contribution is 5.96. The minimum absolute atomic E-state index is 0.239. The lowest BCUT2D eigenvalue weighted by atomic mass is 10.1. The van der Waals surface area contributed by atoms with Crippen LogP contribution in [0.25, 0.3) is 0 Å². The van der Waals surface area contributed by atoms with Gasteiger partial charge in [0.05, 0.1) is 11.7 Å². The van der Waals surface area contributed by atoms with E-state index in [9.17, 15) is 14.0 Å². The van der Waals surface area contributed by atoms with Gasteiger partial charge in [-0.15, -0.1) is 0 Å². The van der Waals surface area contributed by atoms with Crippen LogP contribution in [0.1, 0.15) is 25.5 Å². The molecule has 1 aromatic rings. The maximum Gasteiger partial charge on any atom is 0.321 e. The van der Waals surface area contributed by atoms with E-state index in [1.807, 2.05) is 13.0 Å². The zero-order valence-electron chi connectivity index (χ0n) is 15.8. The number of urea groups is 1. The molecule has 26 heavy (non-hydrogen) atoms. The topological polar surface area (TPSA) is 76.7 Å². The van der Waals surface area contributed by atoms with Gasteiger partial charge in [-0.1, -0.05) is 6.07 Å². The van der Waals surface area contributed by atoms with Crippen molar-refractivity contribution in [3.05, 3.63) is 29.6 Å². The SMILES string of the molecule is CNC(=O)NC(=O)[C@H](C)N[C@H](C)c1ccc(N2CCN(C)CC2)c(F)c1. The number of rotatable bonds is 5. The molecule has 0 aromatic heterocycles. The Morgan fingerprint density at radius 1 is 1.15 bits per heavy atom. The number of hydrogen-bond donors (Lipinski definition) is 3. The van der Waals surface area contributed by atoms with E-state index in [2.05, 4.69) is 32.8 Å². The number of likely N-dealkylation sites (N-methyl/N-ethyl adjacent to an activating group) is 1. The molecule has 0 radical (unpaired) electrons. The van der Waals surface area contributed by atoms with E-state index in [0.29, 0.717) is 5.69 Å². The number of nitrogens with one attached hydrogen (secondary N) is 3. The lowest BCUT2D eigenvalue weighted by molar-refractivity contribution is -0.121. The first-order chi connectivity index (χ1) is 12.3. The zero-order valence-corrected chi connectivity index (χ0v) is 15.8. The van der Waals surface area contributed by atoms with Gasteiger partial charge in [-0.3, -0.25) is 15.4 Å². The third kappa shape index (κ3) is 5.15. The highest BCUT2D eigenvalue weighted by Gasteiger charge is 2.21. The van der Waals surface area contributed by atoms with Crippen LogP contribution < -0.4 is 20.9 Å². The van der Waals surface area contributed by atoms with Crippen molar-refractivity contribution < 1.29 is 14.0 Å². The fourth-order valence-electron chi connectivity index (χ4n) is 2.93. The Morgan fingerprint density at radius 3 is 2.38 bits per heavy atom. The van der Waals surface area contributed by atoms with Gasteiger partial charge in [0.1, 0.15) is 5.82 Å². The fourth-order valence-corrected chi connectivity index (χ4v) is 2.93. The predicted octanol–water partition coefficient (Wildman–Crippen LogP) is 1.07. The third-order valence-corrected chi connectivity index (χ3v) is 4.67. The average molecular weight is 365 g/mol. The standard InChI is InChI=1S/C18H28FN5O2/c1-12(21-13(2)17(25)22-18(26)20-3)14-5-6-16(15(19)11-14)24-9-7-23(4)8-10-24/h5-6,11-13,21H,7-10H2,1-4H3,(H2,20,22,25,26)/t12-,13+/m1/s1. The van der Waals surface area contributed by atoms with Crippen molar-refractivity contribution in [2.45, 2.75) is 25.9 Å². The van der Waals surface area contributed by atoms with Crippen molar-refractivity contribution in [1.29, 1.82) is 0 Å². The van der Waals surface area contributed by atoms with Crippen molar-refractivity contribution in [1.82, 2.24) is 20.9 Å². The van der Waals surface area contributed by atoms with E-state index in [-0.39, 0.29) is 11.9 Å². The summed E-state index contributed by atoms with van der Waals surface area (Å²) < 4.78 is 14.6. The molecule has 0 bridgehead atoms. The Kier molecular flexibility index (Phi) is 6.93. The summed E-state index contributed by atoms with van der Waals surface area (Å²) in [4.78, 5) is 27.4. The summed E-state index contributed by atoms with van der Waals surface area (Å²) in [5.41, 5.74) is 1.36. The minimum Gasteiger partial charge on any atom is -0.367 e. The van der Waals surface area contributed by atoms with Crippen LogP contribution in [-0.4, -0.2) is 63.2 Å². The number of anilines is 1. The molecule has 1 aromatic carbocycles. The van der Waals surface area contributed by atoms with Crippen molar-refractivity contribution in [2.24, 2.45) is 0 Å². The summed E-state index contributed by atoms with van der Waals surface area (Å²) in [7, 11) is 3.50. The number of carbonyl (C=O) groups excluding carboxylic acids is 2. The first-order valence-corrected chi connectivity index (χ1v) is 8.83. The summed E-state index contributed by atoms with van der Waals surface area (Å²) in [6.07, 6.45) is 0. The summed E-state index contributed by atoms with van der Waals surface area (Å²) in [5.74, 6) is -0.700. The molecule has 2 atom stereocenters. The lowest BCUT2D eigenvalue weighted by Gasteiger charge is -2.34. The van der Waals surface area contributed by atoms with E-state index in [4.69, 9.17) is 0 Å². The van der Waals surface area contributed by atoms with Crippen LogP contribution in [-0.2, 0) is 4.79 Å². The molecular weight excluding hydrogens is 337 g/mol. The Bertz CT molecular complexity index is 646. The summed E-state index contributed by atoms with van der Waals surface area (Å²) >= 11 is 0. The molecule has 1 fully saturated rings. The number of piperazine rings is 1. The van der Waals surface area contributed by atoms with Crippen molar-refractivity contribution in [3.63, 3.8) is 0 Å². The van der Waals surface area contributed by atoms with Crippen molar-refractivity contribution >= 4 is 17.6 Å². The molecular formula is C18H28FN5O2. The number of amides is 3. The van der Waals surface area contributed by atoms with Crippen LogP contribution in [0.15, 0.2) is 18.2 Å². The van der Waals surface area contributed by atoms with Crippen LogP contribution in [0.3, 0.4) is 0 Å². The second-order valence-electron chi connectivity index (χ2n) is 6.68. The quantitative estimate of drug-likeness (QED) is 0.728. The summed E-state index contributed by atoms with van der Waals surface area (Å²) in [5, 5.41) is 7.62. The molecule has 144 valence electrons. The number of benzene rings is 1. The summed E-state index contributed by atoms with van der Waals surface area (Å²) in [6.45, 7) is 6.94. The predicted molar refractivity (Wildman–Crippen MR) is 99.7 cm³/mol. The minimum atomic E-state index is -0.595. The molecule has 8 heteroatoms. The van der Waals surface area contributed by atoms with Crippen molar-refractivity contribution in [2.75, 3.05) is 45.2 Å². The lowest BCUT2D eigenvalue weighted by Crippen LogP contribution is -2.47. The van der Waals surface area contributed by atoms with Crippen molar-refractivity contribution in [3.8, 4) is 0 Å². The van der Waals surface area contributed by atoms with E-state index < -0.39 is 18.0 Å². The van der Waals surface area contributed by atoms with Gasteiger partial charge in [-0.25, -0.2) is 9.18 Å². The Balaban J connectivity index is 1.99. The van der Waals surface area contributed by atoms with Crippen LogP contribution in [0.5, 0.6) is 0 Å². The molecule has 0 aliphatic carbocycles. The number of imide groups is 1. The molecule has 7 nitrogen and oxygen atoms in total. The summed E-state index contributed by atoms with van der Waals surface area (Å²) in [6, 6.07) is 3.79. The van der Waals surface area contributed by atoms with E-state index >= 15 is 0 Å². The van der Waals surface area contributed by atoms with Crippen LogP contribution in [0, 0.1) is 5.82 Å². The highest BCUT2D eigenvalue weighted by Crippen LogP contribution is 2.24. The fraction of sp³-hybridized carbons (Fsp3) is 0.556. The maximum absolute atomic E-state index is 14.6. The number of carbonyl (C=O) groups is 2. The molecule has 0 spiro atoms. The monoisotopic (exact) mass is 365 g/mol. The van der Waals surface area contributed by atoms with Crippen LogP contribution in [0.2, 0.25) is 0 Å². The first kappa shape index (κ1) is 20.1. The van der Waals surface area contributed by atoms with Gasteiger partial charge in [0.25, 0.3) is 0 Å². The number of halogens is 1. The molecule has 2 rings (SSSR count). The Morgan fingerprint density at radius 2 is 1.81 bits per heavy atom. The van der Waals surface area contributed by atoms with E-state index in [1.165, 1.54) is 13.1 Å². The van der Waals surface area contributed by atoms with Gasteiger partial charge in [-0.05, 0) is 38.6 Å². The zero-order chi connectivity index (χ0) is 19.3. The number of hydrogen-bond acceptors (Lipinski definition) is 5. The Labute approximate surface area is 153 Å². The molecule has 0 unspecified atom stereocenters. The molecule has 1 heterocycles. The largest absolute Gasteiger partial charge is 0.367 e. The smallest absolute Gasteiger partial charge is 0.321 e. The molecule has 3 amide bonds. The molecule has 1 aliphatic rings. The second-order valence-corrected chi connectivity index (χ2v) is 6.68. The van der Waals surface area contributed by atoms with Crippen LogP contribution >= 0.6 is 0 Å². The second kappa shape index (κ2) is 8.95. The highest BCUT2D eigenvalue weighted by atomic mass is 19.1. The van der Waals surface area contributed by atoms with Crippen LogP contribution in [0.4, 0.5) is 14.9 Å². The van der Waals surface area contributed by atoms with Gasteiger partial charge in [-0.2, -0.15) is 0 Å². The Hall–Kier alpha value is -2.19. The third-order valence-electron chi connectivity index (χ3n) is 4.67. The maximum atomic E-state index is 14.6. The van der Waals surface area contributed by atoms with E-state index in [0.717, 1.165) is 31.7 Å². The van der Waals surface area contributed by atoms with Gasteiger partial charge in [0.15, 0.2) is 0 Å². The van der Waals surface area contributed by atoms with E-state index in [1.54, 1.807) is 13.0 Å². The number of nitrogens with zero attached hydrogens (tertiary/aromatic N) is 2. The van der Waals surface area contributed by atoms with Gasteiger partial charge in [0, 0.05) is 39.3 Å². The normalized spacial score (nSPS) is 17.5. The van der Waals surface area contributed by atoms with Gasteiger partial charge < -0.3 is 15.1 Å². The van der Waals surface area contributed by atoms with Gasteiger partial charge >= 0.3 is 6.03 Å². The molecule has 1 saturated heterocycles. The molecule has 0 saturated carbocycles. The molecule has 3 N–H and O–H groups in total. The first-order valence-electron chi connectivity index (χ1n) is 8.83. The van der Waals surface area contributed by atoms with Gasteiger partial charge in [0.2, 0.25) is 5.91 Å². The average Bonchev–Trinajstić information content (AvgIpc) is 2.62. The molecule has 1 aliphatic heterocycles.